The molecule has 7 heteroatoms. The average Bonchev–Trinajstić information content (AvgIpc) is 2.95. The van der Waals surface area contributed by atoms with Crippen LogP contribution >= 0.6 is 0 Å². The lowest BCUT2D eigenvalue weighted by Gasteiger charge is -2.14. The summed E-state index contributed by atoms with van der Waals surface area (Å²) in [5.41, 5.74) is -0.929. The molecule has 21 heavy (non-hydrogen) atoms. The number of furan rings is 1. The summed E-state index contributed by atoms with van der Waals surface area (Å²) in [5.74, 6) is 0.141. The van der Waals surface area contributed by atoms with Gasteiger partial charge in [0.15, 0.2) is 0 Å². The first-order chi connectivity index (χ1) is 9.97. The van der Waals surface area contributed by atoms with Gasteiger partial charge in [0, 0.05) is 5.69 Å². The molecule has 0 bridgehead atoms. The van der Waals surface area contributed by atoms with E-state index in [2.05, 4.69) is 10.6 Å². The molecule has 0 aliphatic carbocycles. The minimum absolute atomic E-state index is 0.127. The first-order valence-corrected chi connectivity index (χ1v) is 6.16. The van der Waals surface area contributed by atoms with E-state index in [1.807, 2.05) is 0 Å². The minimum Gasteiger partial charge on any atom is -0.467 e. The zero-order valence-corrected chi connectivity index (χ0v) is 10.9. The molecule has 0 aliphatic heterocycles. The van der Waals surface area contributed by atoms with Crippen molar-refractivity contribution >= 4 is 11.6 Å². The number of rotatable bonds is 5. The van der Waals surface area contributed by atoms with Gasteiger partial charge in [-0.2, -0.15) is 13.2 Å². The molecule has 0 unspecified atom stereocenters. The van der Waals surface area contributed by atoms with E-state index in [4.69, 9.17) is 4.42 Å². The van der Waals surface area contributed by atoms with E-state index in [0.29, 0.717) is 5.76 Å². The molecule has 0 saturated heterocycles. The molecule has 0 radical (unpaired) electrons. The number of para-hydroxylation sites is 1. The number of hydrogen-bond donors (Lipinski definition) is 2. The number of alkyl halides is 3. The second kappa shape index (κ2) is 6.34. The van der Waals surface area contributed by atoms with Crippen molar-refractivity contribution in [3.05, 3.63) is 54.0 Å². The molecule has 2 aromatic rings. The Hall–Kier alpha value is -2.44. The first-order valence-electron chi connectivity index (χ1n) is 6.16. The predicted octanol–water partition coefficient (Wildman–Crippen LogP) is 3.03. The van der Waals surface area contributed by atoms with Crippen LogP contribution in [0.15, 0.2) is 47.1 Å². The number of anilines is 1. The van der Waals surface area contributed by atoms with Gasteiger partial charge in [-0.15, -0.1) is 0 Å². The fraction of sp³-hybridized carbons (Fsp3) is 0.214. The molecule has 2 rings (SSSR count). The van der Waals surface area contributed by atoms with Crippen LogP contribution in [0.2, 0.25) is 0 Å². The van der Waals surface area contributed by atoms with Crippen LogP contribution in [-0.4, -0.2) is 12.5 Å². The molecule has 0 spiro atoms. The third-order valence-corrected chi connectivity index (χ3v) is 2.71. The van der Waals surface area contributed by atoms with Crippen molar-refractivity contribution in [1.82, 2.24) is 5.32 Å². The van der Waals surface area contributed by atoms with E-state index >= 15 is 0 Å². The van der Waals surface area contributed by atoms with Crippen molar-refractivity contribution in [2.45, 2.75) is 12.7 Å². The predicted molar refractivity (Wildman–Crippen MR) is 70.5 cm³/mol. The molecular weight excluding hydrogens is 285 g/mol. The van der Waals surface area contributed by atoms with Gasteiger partial charge in [0.05, 0.1) is 24.9 Å². The van der Waals surface area contributed by atoms with Crippen LogP contribution in [0.4, 0.5) is 18.9 Å². The summed E-state index contributed by atoms with van der Waals surface area (Å²) in [7, 11) is 0. The number of carbonyl (C=O) groups is 1. The Labute approximate surface area is 119 Å². The second-order valence-corrected chi connectivity index (χ2v) is 4.25. The van der Waals surface area contributed by atoms with Crippen molar-refractivity contribution in [1.29, 1.82) is 0 Å². The molecule has 4 nitrogen and oxygen atoms in total. The molecule has 1 amide bonds. The minimum atomic E-state index is -4.46. The van der Waals surface area contributed by atoms with Crippen LogP contribution in [0.5, 0.6) is 0 Å². The van der Waals surface area contributed by atoms with Crippen LogP contribution in [0.1, 0.15) is 11.3 Å². The highest BCUT2D eigenvalue weighted by atomic mass is 19.4. The van der Waals surface area contributed by atoms with Gasteiger partial charge in [0.2, 0.25) is 5.91 Å². The third-order valence-electron chi connectivity index (χ3n) is 2.71. The van der Waals surface area contributed by atoms with Crippen LogP contribution in [0, 0.1) is 0 Å². The number of benzene rings is 1. The highest BCUT2D eigenvalue weighted by molar-refractivity contribution is 5.80. The Morgan fingerprint density at radius 1 is 1.14 bits per heavy atom. The quantitative estimate of drug-likeness (QED) is 0.892. The standard InChI is InChI=1S/C14H13F3N2O2/c15-14(16,17)11-5-1-2-6-12(11)18-9-13(20)19-8-10-4-3-7-21-10/h1-7,18H,8-9H2,(H,19,20). The Morgan fingerprint density at radius 2 is 1.90 bits per heavy atom. The van der Waals surface area contributed by atoms with E-state index in [-0.39, 0.29) is 18.8 Å². The monoisotopic (exact) mass is 298 g/mol. The zero-order valence-electron chi connectivity index (χ0n) is 10.9. The Balaban J connectivity index is 1.89. The Kier molecular flexibility index (Phi) is 4.52. The first kappa shape index (κ1) is 15.0. The van der Waals surface area contributed by atoms with Gasteiger partial charge < -0.3 is 15.1 Å². The van der Waals surface area contributed by atoms with Crippen molar-refractivity contribution in [2.75, 3.05) is 11.9 Å². The number of halogens is 3. The van der Waals surface area contributed by atoms with Gasteiger partial charge in [-0.25, -0.2) is 0 Å². The normalized spacial score (nSPS) is 11.2. The van der Waals surface area contributed by atoms with E-state index < -0.39 is 17.6 Å². The molecule has 1 aromatic heterocycles. The molecule has 1 heterocycles. The number of amides is 1. The maximum atomic E-state index is 12.8. The molecule has 0 saturated carbocycles. The molecule has 0 atom stereocenters. The van der Waals surface area contributed by atoms with Crippen molar-refractivity contribution in [3.8, 4) is 0 Å². The molecule has 0 aliphatic rings. The molecule has 2 N–H and O–H groups in total. The molecule has 0 fully saturated rings. The summed E-state index contributed by atoms with van der Waals surface area (Å²) >= 11 is 0. The van der Waals surface area contributed by atoms with Crippen LogP contribution in [-0.2, 0) is 17.5 Å². The fourth-order valence-electron chi connectivity index (χ4n) is 1.72. The Morgan fingerprint density at radius 3 is 2.57 bits per heavy atom. The third kappa shape index (κ3) is 4.27. The van der Waals surface area contributed by atoms with E-state index in [0.717, 1.165) is 6.07 Å². The van der Waals surface area contributed by atoms with Gasteiger partial charge >= 0.3 is 6.18 Å². The average molecular weight is 298 g/mol. The summed E-state index contributed by atoms with van der Waals surface area (Å²) in [5, 5.41) is 5.02. The summed E-state index contributed by atoms with van der Waals surface area (Å²) in [6.07, 6.45) is -2.99. The van der Waals surface area contributed by atoms with E-state index in [9.17, 15) is 18.0 Å². The highest BCUT2D eigenvalue weighted by Gasteiger charge is 2.33. The van der Waals surface area contributed by atoms with Crippen molar-refractivity contribution in [3.63, 3.8) is 0 Å². The molecule has 1 aromatic carbocycles. The van der Waals surface area contributed by atoms with Gasteiger partial charge in [0.25, 0.3) is 0 Å². The second-order valence-electron chi connectivity index (χ2n) is 4.25. The lowest BCUT2D eigenvalue weighted by Crippen LogP contribution is -2.29. The van der Waals surface area contributed by atoms with Crippen molar-refractivity contribution < 1.29 is 22.4 Å². The van der Waals surface area contributed by atoms with Crippen LogP contribution in [0.3, 0.4) is 0 Å². The maximum Gasteiger partial charge on any atom is 0.418 e. The summed E-state index contributed by atoms with van der Waals surface area (Å²) < 4.78 is 43.3. The summed E-state index contributed by atoms with van der Waals surface area (Å²) in [6.45, 7) is -0.0672. The van der Waals surface area contributed by atoms with Gasteiger partial charge in [-0.3, -0.25) is 4.79 Å². The summed E-state index contributed by atoms with van der Waals surface area (Å²) in [4.78, 5) is 11.6. The molecular formula is C14H13F3N2O2. The topological polar surface area (TPSA) is 54.3 Å². The van der Waals surface area contributed by atoms with Crippen LogP contribution < -0.4 is 10.6 Å². The SMILES string of the molecule is O=C(CNc1ccccc1C(F)(F)F)NCc1ccco1. The lowest BCUT2D eigenvalue weighted by molar-refractivity contribution is -0.137. The van der Waals surface area contributed by atoms with Gasteiger partial charge in [-0.1, -0.05) is 12.1 Å². The zero-order chi connectivity index (χ0) is 15.3. The Bertz CT molecular complexity index is 595. The van der Waals surface area contributed by atoms with E-state index in [1.165, 1.54) is 24.5 Å². The van der Waals surface area contributed by atoms with Gasteiger partial charge in [0.1, 0.15) is 5.76 Å². The van der Waals surface area contributed by atoms with Gasteiger partial charge in [-0.05, 0) is 24.3 Å². The number of nitrogens with one attached hydrogen (secondary N) is 2. The van der Waals surface area contributed by atoms with E-state index in [1.54, 1.807) is 12.1 Å². The largest absolute Gasteiger partial charge is 0.467 e. The molecule has 112 valence electrons. The van der Waals surface area contributed by atoms with Crippen LogP contribution in [0.25, 0.3) is 0 Å². The maximum absolute atomic E-state index is 12.8. The lowest BCUT2D eigenvalue weighted by atomic mass is 10.1. The highest BCUT2D eigenvalue weighted by Crippen LogP contribution is 2.34. The number of carbonyl (C=O) groups excluding carboxylic acids is 1. The van der Waals surface area contributed by atoms with Crippen molar-refractivity contribution in [2.24, 2.45) is 0 Å². The summed E-state index contributed by atoms with van der Waals surface area (Å²) in [6, 6.07) is 8.38. The fourth-order valence-corrected chi connectivity index (χ4v) is 1.72. The smallest absolute Gasteiger partial charge is 0.418 e. The number of hydrogen-bond acceptors (Lipinski definition) is 3.